The minimum absolute atomic E-state index is 0.0367. The van der Waals surface area contributed by atoms with Crippen LogP contribution in [0.1, 0.15) is 10.5 Å². The highest BCUT2D eigenvalue weighted by molar-refractivity contribution is 5.86. The van der Waals surface area contributed by atoms with Crippen LogP contribution < -0.4 is 0 Å². The number of carboxylic acid groups (broad SMARTS) is 1. The average Bonchev–Trinajstić information content (AvgIpc) is 2.88. The first kappa shape index (κ1) is 9.52. The quantitative estimate of drug-likeness (QED) is 0.678. The number of pyridine rings is 1. The molecule has 84 valence electrons. The van der Waals surface area contributed by atoms with Crippen LogP contribution in [-0.4, -0.2) is 35.6 Å². The van der Waals surface area contributed by atoms with Crippen molar-refractivity contribution >= 4 is 11.7 Å². The fraction of sp³-hybridized carbons (Fsp3) is 0. The molecule has 7 nitrogen and oxygen atoms in total. The highest BCUT2D eigenvalue weighted by Crippen LogP contribution is 2.13. The maximum absolute atomic E-state index is 10.9. The molecular formula is C10H7N5O2. The van der Waals surface area contributed by atoms with Gasteiger partial charge in [-0.1, -0.05) is 6.07 Å². The summed E-state index contributed by atoms with van der Waals surface area (Å²) >= 11 is 0. The molecule has 3 aromatic heterocycles. The van der Waals surface area contributed by atoms with Crippen molar-refractivity contribution in [2.24, 2.45) is 0 Å². The molecule has 0 bridgehead atoms. The molecule has 0 saturated carbocycles. The van der Waals surface area contributed by atoms with Crippen molar-refractivity contribution in [2.45, 2.75) is 0 Å². The first-order valence-electron chi connectivity index (χ1n) is 4.84. The van der Waals surface area contributed by atoms with Crippen molar-refractivity contribution in [3.8, 4) is 11.5 Å². The summed E-state index contributed by atoms with van der Waals surface area (Å²) in [7, 11) is 0. The van der Waals surface area contributed by atoms with E-state index in [9.17, 15) is 4.79 Å². The van der Waals surface area contributed by atoms with E-state index in [4.69, 9.17) is 5.11 Å². The van der Waals surface area contributed by atoms with Crippen molar-refractivity contribution < 1.29 is 9.90 Å². The van der Waals surface area contributed by atoms with Gasteiger partial charge in [-0.15, -0.1) is 0 Å². The zero-order chi connectivity index (χ0) is 11.8. The monoisotopic (exact) mass is 229 g/mol. The number of fused-ring (bicyclic) bond motifs is 1. The van der Waals surface area contributed by atoms with Gasteiger partial charge in [-0.25, -0.2) is 14.3 Å². The number of rotatable bonds is 2. The molecule has 3 aromatic rings. The second kappa shape index (κ2) is 3.41. The lowest BCUT2D eigenvalue weighted by Gasteiger charge is -1.93. The van der Waals surface area contributed by atoms with E-state index in [1.54, 1.807) is 18.3 Å². The van der Waals surface area contributed by atoms with Crippen LogP contribution >= 0.6 is 0 Å². The summed E-state index contributed by atoms with van der Waals surface area (Å²) in [5.41, 5.74) is 0.670. The Balaban J connectivity index is 2.18. The molecule has 3 heterocycles. The van der Waals surface area contributed by atoms with Gasteiger partial charge in [0.15, 0.2) is 11.5 Å². The van der Waals surface area contributed by atoms with Gasteiger partial charge in [-0.2, -0.15) is 4.98 Å². The van der Waals surface area contributed by atoms with Gasteiger partial charge >= 0.3 is 5.97 Å². The highest BCUT2D eigenvalue weighted by atomic mass is 16.4. The van der Waals surface area contributed by atoms with Crippen LogP contribution in [0, 0.1) is 0 Å². The summed E-state index contributed by atoms with van der Waals surface area (Å²) < 4.78 is 1.31. The van der Waals surface area contributed by atoms with Crippen LogP contribution in [-0.2, 0) is 0 Å². The standard InChI is InChI=1S/C10H7N5O2/c16-9(17)7-5-12-10-13-8(14-15(7)10)6-3-1-2-4-11-6/h1-5H,(H,16,17)(H,12,13,14). The number of hydrogen-bond donors (Lipinski definition) is 2. The Morgan fingerprint density at radius 3 is 2.94 bits per heavy atom. The Hall–Kier alpha value is -2.70. The third kappa shape index (κ3) is 1.44. The summed E-state index contributed by atoms with van der Waals surface area (Å²) in [6.45, 7) is 0. The van der Waals surface area contributed by atoms with Crippen molar-refractivity contribution in [3.05, 3.63) is 36.3 Å². The number of aromatic carboxylic acids is 1. The molecule has 2 N–H and O–H groups in total. The highest BCUT2D eigenvalue weighted by Gasteiger charge is 2.14. The molecule has 0 atom stereocenters. The summed E-state index contributed by atoms with van der Waals surface area (Å²) in [6, 6.07) is 5.39. The minimum Gasteiger partial charge on any atom is -0.476 e. The first-order valence-corrected chi connectivity index (χ1v) is 4.84. The predicted octanol–water partition coefficient (Wildman–Crippen LogP) is 0.818. The molecule has 3 rings (SSSR count). The average molecular weight is 229 g/mol. The normalized spacial score (nSPS) is 10.8. The Labute approximate surface area is 94.8 Å². The number of nitrogens with zero attached hydrogens (tertiary/aromatic N) is 4. The molecular weight excluding hydrogens is 222 g/mol. The lowest BCUT2D eigenvalue weighted by Crippen LogP contribution is -2.01. The number of carbonyl (C=O) groups is 1. The van der Waals surface area contributed by atoms with Crippen LogP contribution in [0.3, 0.4) is 0 Å². The van der Waals surface area contributed by atoms with E-state index in [1.165, 1.54) is 10.7 Å². The fourth-order valence-electron chi connectivity index (χ4n) is 1.53. The molecule has 0 aliphatic heterocycles. The number of nitrogens with one attached hydrogen (secondary N) is 1. The maximum Gasteiger partial charge on any atom is 0.356 e. The number of aromatic nitrogens is 5. The Kier molecular flexibility index (Phi) is 1.91. The van der Waals surface area contributed by atoms with Crippen LogP contribution in [0.5, 0.6) is 0 Å². The summed E-state index contributed by atoms with van der Waals surface area (Å²) in [4.78, 5) is 23.1. The van der Waals surface area contributed by atoms with E-state index in [1.807, 2.05) is 6.07 Å². The molecule has 7 heteroatoms. The van der Waals surface area contributed by atoms with E-state index >= 15 is 0 Å². The number of H-pyrrole nitrogens is 1. The molecule has 17 heavy (non-hydrogen) atoms. The molecule has 0 aliphatic rings. The minimum atomic E-state index is -1.06. The molecule has 0 radical (unpaired) electrons. The van der Waals surface area contributed by atoms with Gasteiger partial charge in [0, 0.05) is 6.20 Å². The Bertz CT molecular complexity index is 685. The van der Waals surface area contributed by atoms with Gasteiger partial charge in [-0.05, 0) is 12.1 Å². The van der Waals surface area contributed by atoms with Gasteiger partial charge < -0.3 is 5.11 Å². The van der Waals surface area contributed by atoms with E-state index in [2.05, 4.69) is 20.1 Å². The molecule has 0 fully saturated rings. The third-order valence-electron chi connectivity index (χ3n) is 2.30. The zero-order valence-electron chi connectivity index (χ0n) is 8.53. The van der Waals surface area contributed by atoms with E-state index in [-0.39, 0.29) is 5.69 Å². The molecule has 0 aromatic carbocycles. The SMILES string of the molecule is O=C(O)c1cnc2nc(-c3ccccn3)[nH]n12. The topological polar surface area (TPSA) is 96.2 Å². The summed E-state index contributed by atoms with van der Waals surface area (Å²) in [6.07, 6.45) is 2.89. The van der Waals surface area contributed by atoms with Crippen LogP contribution in [0.25, 0.3) is 17.3 Å². The Morgan fingerprint density at radius 1 is 1.35 bits per heavy atom. The van der Waals surface area contributed by atoms with Crippen molar-refractivity contribution in [3.63, 3.8) is 0 Å². The van der Waals surface area contributed by atoms with Crippen molar-refractivity contribution in [1.82, 2.24) is 24.6 Å². The molecule has 0 unspecified atom stereocenters. The van der Waals surface area contributed by atoms with Crippen LogP contribution in [0.15, 0.2) is 30.6 Å². The molecule has 0 aliphatic carbocycles. The lowest BCUT2D eigenvalue weighted by molar-refractivity contribution is 0.0688. The van der Waals surface area contributed by atoms with Gasteiger partial charge in [0.05, 0.1) is 6.20 Å². The molecule has 0 spiro atoms. The number of imidazole rings is 1. The van der Waals surface area contributed by atoms with E-state index in [0.717, 1.165) is 0 Å². The van der Waals surface area contributed by atoms with E-state index < -0.39 is 5.97 Å². The zero-order valence-corrected chi connectivity index (χ0v) is 8.53. The predicted molar refractivity (Wildman–Crippen MR) is 57.5 cm³/mol. The first-order chi connectivity index (χ1) is 8.25. The van der Waals surface area contributed by atoms with Gasteiger partial charge in [0.25, 0.3) is 5.78 Å². The largest absolute Gasteiger partial charge is 0.476 e. The van der Waals surface area contributed by atoms with E-state index in [0.29, 0.717) is 17.3 Å². The van der Waals surface area contributed by atoms with Crippen molar-refractivity contribution in [2.75, 3.05) is 0 Å². The van der Waals surface area contributed by atoms with Crippen LogP contribution in [0.2, 0.25) is 0 Å². The van der Waals surface area contributed by atoms with Gasteiger partial charge in [0.2, 0.25) is 0 Å². The summed E-state index contributed by atoms with van der Waals surface area (Å²) in [5, 5.41) is 11.8. The van der Waals surface area contributed by atoms with Crippen LogP contribution in [0.4, 0.5) is 0 Å². The molecule has 0 amide bonds. The maximum atomic E-state index is 10.9. The fourth-order valence-corrected chi connectivity index (χ4v) is 1.53. The number of aromatic amines is 1. The second-order valence-corrected chi connectivity index (χ2v) is 3.37. The third-order valence-corrected chi connectivity index (χ3v) is 2.30. The second-order valence-electron chi connectivity index (χ2n) is 3.37. The smallest absolute Gasteiger partial charge is 0.356 e. The summed E-state index contributed by atoms with van der Waals surface area (Å²) in [5.74, 6) is -0.270. The lowest BCUT2D eigenvalue weighted by atomic mass is 10.3. The van der Waals surface area contributed by atoms with Gasteiger partial charge in [-0.3, -0.25) is 10.1 Å². The number of carboxylic acids is 1. The van der Waals surface area contributed by atoms with Gasteiger partial charge in [0.1, 0.15) is 5.69 Å². The number of hydrogen-bond acceptors (Lipinski definition) is 4. The Morgan fingerprint density at radius 2 is 2.24 bits per heavy atom. The molecule has 0 saturated heterocycles. The van der Waals surface area contributed by atoms with Crippen molar-refractivity contribution in [1.29, 1.82) is 0 Å².